The number of halogens is 3. The summed E-state index contributed by atoms with van der Waals surface area (Å²) in [5, 5.41) is 0. The van der Waals surface area contributed by atoms with Crippen molar-refractivity contribution in [2.75, 3.05) is 5.73 Å². The molecule has 0 saturated carbocycles. The second-order valence-electron chi connectivity index (χ2n) is 3.88. The molecule has 0 aliphatic heterocycles. The van der Waals surface area contributed by atoms with Crippen molar-refractivity contribution in [2.45, 2.75) is 6.61 Å². The van der Waals surface area contributed by atoms with E-state index in [2.05, 4.69) is 9.97 Å². The molecule has 0 spiro atoms. The molecule has 1 aromatic heterocycles. The molecule has 1 heterocycles. The van der Waals surface area contributed by atoms with Gasteiger partial charge >= 0.3 is 6.01 Å². The summed E-state index contributed by atoms with van der Waals surface area (Å²) in [6, 6.07) is 2.11. The molecule has 4 nitrogen and oxygen atoms in total. The first kappa shape index (κ1) is 13.2. The SMILES string of the molecule is Bc1cc(F)c(COc2ncc(F)c(N)n2)c(F)c1. The molecule has 0 saturated heterocycles. The zero-order valence-corrected chi connectivity index (χ0v) is 9.95. The fourth-order valence-electron chi connectivity index (χ4n) is 1.44. The van der Waals surface area contributed by atoms with Crippen LogP contribution >= 0.6 is 0 Å². The average Bonchev–Trinajstić information content (AvgIpc) is 2.32. The van der Waals surface area contributed by atoms with Gasteiger partial charge in [0, 0.05) is 0 Å². The second kappa shape index (κ2) is 5.17. The molecule has 8 heteroatoms. The number of benzene rings is 1. The van der Waals surface area contributed by atoms with Crippen molar-refractivity contribution >= 4 is 19.1 Å². The Bertz CT molecular complexity index is 601. The number of hydrogen-bond acceptors (Lipinski definition) is 4. The van der Waals surface area contributed by atoms with Gasteiger partial charge in [0.25, 0.3) is 0 Å². The van der Waals surface area contributed by atoms with Gasteiger partial charge in [0.15, 0.2) is 11.6 Å². The van der Waals surface area contributed by atoms with E-state index in [9.17, 15) is 13.2 Å². The molecule has 19 heavy (non-hydrogen) atoms. The summed E-state index contributed by atoms with van der Waals surface area (Å²) in [6.07, 6.45) is 0.819. The van der Waals surface area contributed by atoms with Gasteiger partial charge in [-0.05, 0) is 12.1 Å². The monoisotopic (exact) mass is 267 g/mol. The number of hydrogen-bond donors (Lipinski definition) is 1. The minimum atomic E-state index is -0.792. The zero-order chi connectivity index (χ0) is 14.0. The van der Waals surface area contributed by atoms with Gasteiger partial charge in [0.1, 0.15) is 26.1 Å². The minimum Gasteiger partial charge on any atom is -0.458 e. The van der Waals surface area contributed by atoms with Gasteiger partial charge in [-0.3, -0.25) is 0 Å². The molecule has 2 rings (SSSR count). The van der Waals surface area contributed by atoms with E-state index in [0.29, 0.717) is 5.46 Å². The lowest BCUT2D eigenvalue weighted by Crippen LogP contribution is -2.11. The maximum atomic E-state index is 13.5. The molecule has 0 aliphatic carbocycles. The van der Waals surface area contributed by atoms with Gasteiger partial charge in [-0.25, -0.2) is 18.2 Å². The lowest BCUT2D eigenvalue weighted by molar-refractivity contribution is 0.269. The van der Waals surface area contributed by atoms with E-state index in [4.69, 9.17) is 10.5 Å². The third kappa shape index (κ3) is 2.96. The molecule has 0 aliphatic rings. The van der Waals surface area contributed by atoms with E-state index in [1.54, 1.807) is 7.85 Å². The molecule has 0 unspecified atom stereocenters. The Morgan fingerprint density at radius 1 is 1.16 bits per heavy atom. The number of rotatable bonds is 3. The number of aromatic nitrogens is 2. The van der Waals surface area contributed by atoms with Crippen LogP contribution in [0, 0.1) is 17.5 Å². The number of anilines is 1. The van der Waals surface area contributed by atoms with E-state index in [1.807, 2.05) is 0 Å². The highest BCUT2D eigenvalue weighted by atomic mass is 19.1. The zero-order valence-electron chi connectivity index (χ0n) is 9.95. The van der Waals surface area contributed by atoms with Crippen LogP contribution in [0.1, 0.15) is 5.56 Å². The van der Waals surface area contributed by atoms with E-state index < -0.39 is 29.9 Å². The number of nitrogen functional groups attached to an aromatic ring is 1. The van der Waals surface area contributed by atoms with Crippen LogP contribution < -0.4 is 15.9 Å². The Hall–Kier alpha value is -2.25. The predicted molar refractivity (Wildman–Crippen MR) is 65.3 cm³/mol. The largest absolute Gasteiger partial charge is 0.458 e. The minimum absolute atomic E-state index is 0.252. The van der Waals surface area contributed by atoms with Gasteiger partial charge in [0.2, 0.25) is 0 Å². The number of nitrogens with zero attached hydrogens (tertiary/aromatic N) is 2. The van der Waals surface area contributed by atoms with E-state index in [0.717, 1.165) is 6.20 Å². The van der Waals surface area contributed by atoms with E-state index in [-0.39, 0.29) is 11.6 Å². The summed E-state index contributed by atoms with van der Waals surface area (Å²) >= 11 is 0. The average molecular weight is 267 g/mol. The van der Waals surface area contributed by atoms with Gasteiger partial charge in [-0.2, -0.15) is 4.98 Å². The molecule has 0 radical (unpaired) electrons. The Morgan fingerprint density at radius 2 is 1.79 bits per heavy atom. The van der Waals surface area contributed by atoms with Crippen LogP contribution in [0.2, 0.25) is 0 Å². The third-order valence-corrected chi connectivity index (χ3v) is 2.38. The quantitative estimate of drug-likeness (QED) is 0.813. The van der Waals surface area contributed by atoms with Crippen molar-refractivity contribution in [1.29, 1.82) is 0 Å². The Balaban J connectivity index is 2.16. The molecule has 0 fully saturated rings. The molecular formula is C11H9BF3N3O. The Morgan fingerprint density at radius 3 is 2.37 bits per heavy atom. The van der Waals surface area contributed by atoms with E-state index in [1.165, 1.54) is 12.1 Å². The van der Waals surface area contributed by atoms with Crippen molar-refractivity contribution < 1.29 is 17.9 Å². The van der Waals surface area contributed by atoms with Crippen LogP contribution in [0.3, 0.4) is 0 Å². The van der Waals surface area contributed by atoms with Crippen molar-refractivity contribution in [1.82, 2.24) is 9.97 Å². The van der Waals surface area contributed by atoms with Crippen LogP contribution in [-0.4, -0.2) is 17.8 Å². The maximum absolute atomic E-state index is 13.5. The molecule has 0 atom stereocenters. The Kier molecular flexibility index (Phi) is 3.59. The van der Waals surface area contributed by atoms with E-state index >= 15 is 0 Å². The first-order chi connectivity index (χ1) is 8.97. The lowest BCUT2D eigenvalue weighted by Gasteiger charge is -2.08. The predicted octanol–water partition coefficient (Wildman–Crippen LogP) is 0.314. The Labute approximate surface area is 107 Å². The summed E-state index contributed by atoms with van der Waals surface area (Å²) in [7, 11) is 1.57. The number of nitrogens with two attached hydrogens (primary N) is 1. The number of ether oxygens (including phenoxy) is 1. The van der Waals surface area contributed by atoms with Crippen LogP contribution in [-0.2, 0) is 6.61 Å². The summed E-state index contributed by atoms with van der Waals surface area (Å²) in [4.78, 5) is 6.99. The van der Waals surface area contributed by atoms with Gasteiger partial charge < -0.3 is 10.5 Å². The van der Waals surface area contributed by atoms with Crippen molar-refractivity contribution in [3.05, 3.63) is 41.3 Å². The lowest BCUT2D eigenvalue weighted by atomic mass is 9.94. The van der Waals surface area contributed by atoms with Crippen molar-refractivity contribution in [2.24, 2.45) is 0 Å². The van der Waals surface area contributed by atoms with Gasteiger partial charge in [-0.1, -0.05) is 5.46 Å². The summed E-state index contributed by atoms with van der Waals surface area (Å²) in [5.41, 5.74) is 5.42. The summed E-state index contributed by atoms with van der Waals surface area (Å²) < 4.78 is 44.8. The molecule has 2 N–H and O–H groups in total. The smallest absolute Gasteiger partial charge is 0.318 e. The van der Waals surface area contributed by atoms with Gasteiger partial charge in [-0.15, -0.1) is 0 Å². The molecule has 1 aromatic carbocycles. The highest BCUT2D eigenvalue weighted by molar-refractivity contribution is 6.32. The molecule has 2 aromatic rings. The fraction of sp³-hybridized carbons (Fsp3) is 0.0909. The highest BCUT2D eigenvalue weighted by Crippen LogP contribution is 2.15. The molecular weight excluding hydrogens is 258 g/mol. The normalized spacial score (nSPS) is 10.5. The highest BCUT2D eigenvalue weighted by Gasteiger charge is 2.12. The molecule has 98 valence electrons. The standard InChI is InChI=1S/C11H9BF3N3O/c12-5-1-7(13)6(8(14)2-5)4-19-11-17-3-9(15)10(16)18-11/h1-3H,4,12H2,(H2,16,17,18). The van der Waals surface area contributed by atoms with Crippen LogP contribution in [0.5, 0.6) is 6.01 Å². The fourth-order valence-corrected chi connectivity index (χ4v) is 1.44. The third-order valence-electron chi connectivity index (χ3n) is 2.38. The first-order valence-corrected chi connectivity index (χ1v) is 5.32. The molecule has 0 bridgehead atoms. The van der Waals surface area contributed by atoms with Crippen LogP contribution in [0.15, 0.2) is 18.3 Å². The summed E-state index contributed by atoms with van der Waals surface area (Å²) in [5.74, 6) is -2.64. The van der Waals surface area contributed by atoms with Gasteiger partial charge in [0.05, 0.1) is 11.8 Å². The summed E-state index contributed by atoms with van der Waals surface area (Å²) in [6.45, 7) is -0.414. The molecule has 0 amide bonds. The van der Waals surface area contributed by atoms with Crippen LogP contribution in [0.4, 0.5) is 19.0 Å². The van der Waals surface area contributed by atoms with Crippen molar-refractivity contribution in [3.8, 4) is 6.01 Å². The topological polar surface area (TPSA) is 61.0 Å². The van der Waals surface area contributed by atoms with Crippen LogP contribution in [0.25, 0.3) is 0 Å². The maximum Gasteiger partial charge on any atom is 0.318 e. The second-order valence-corrected chi connectivity index (χ2v) is 3.88. The van der Waals surface area contributed by atoms with Crippen molar-refractivity contribution in [3.63, 3.8) is 0 Å². The first-order valence-electron chi connectivity index (χ1n) is 5.32.